The molecule has 2 aromatic rings. The van der Waals surface area contributed by atoms with E-state index in [1.54, 1.807) is 12.1 Å². The molecule has 0 radical (unpaired) electrons. The normalized spacial score (nSPS) is 11.9. The molecule has 8 heteroatoms. The summed E-state index contributed by atoms with van der Waals surface area (Å²) in [6.45, 7) is 2.55. The zero-order valence-electron chi connectivity index (χ0n) is 19.8. The molecular weight excluding hydrogens is 434 g/mol. The van der Waals surface area contributed by atoms with E-state index in [1.165, 1.54) is 11.6 Å². The van der Waals surface area contributed by atoms with Crippen molar-refractivity contribution < 1.29 is 24.9 Å². The van der Waals surface area contributed by atoms with Crippen LogP contribution in [0.4, 0.5) is 10.5 Å². The van der Waals surface area contributed by atoms with Gasteiger partial charge < -0.3 is 36.4 Å². The first-order valence-electron chi connectivity index (χ1n) is 12.0. The molecule has 0 aliphatic rings. The molecule has 0 spiro atoms. The van der Waals surface area contributed by atoms with Crippen LogP contribution in [0.3, 0.4) is 0 Å². The molecule has 34 heavy (non-hydrogen) atoms. The minimum atomic E-state index is -0.671. The van der Waals surface area contributed by atoms with Gasteiger partial charge in [-0.1, -0.05) is 31.0 Å². The third-order valence-corrected chi connectivity index (χ3v) is 5.59. The van der Waals surface area contributed by atoms with Crippen LogP contribution in [0.2, 0.25) is 0 Å². The van der Waals surface area contributed by atoms with Crippen molar-refractivity contribution in [2.75, 3.05) is 31.6 Å². The number of unbranched alkanes of at least 4 members (excludes halogenated alkanes) is 4. The van der Waals surface area contributed by atoms with E-state index in [0.717, 1.165) is 70.4 Å². The summed E-state index contributed by atoms with van der Waals surface area (Å²) in [4.78, 5) is 10.9. The minimum absolute atomic E-state index is 0.0390. The SMILES string of the molecule is NC(=O)Nc1cccc(CCCCOCCCCCCNC[C@@H](O)c2ccc(O)c(CO)c2)c1. The van der Waals surface area contributed by atoms with Crippen molar-refractivity contribution in [2.24, 2.45) is 5.73 Å². The Hall–Kier alpha value is -2.65. The standard InChI is InChI=1S/C26H39N3O5/c27-26(33)29-23-10-7-9-20(16-23)8-3-6-15-34-14-5-2-1-4-13-28-18-25(32)21-11-12-24(31)22(17-21)19-30/h7,9-12,16-17,25,28,30-32H,1-6,8,13-15,18-19H2,(H3,27,29,33)/t25-/m1/s1. The highest BCUT2D eigenvalue weighted by Gasteiger charge is 2.09. The van der Waals surface area contributed by atoms with E-state index >= 15 is 0 Å². The van der Waals surface area contributed by atoms with Gasteiger partial charge in [-0.25, -0.2) is 4.79 Å². The van der Waals surface area contributed by atoms with Gasteiger partial charge in [-0.3, -0.25) is 0 Å². The molecular formula is C26H39N3O5. The topological polar surface area (TPSA) is 137 Å². The highest BCUT2D eigenvalue weighted by Crippen LogP contribution is 2.22. The summed E-state index contributed by atoms with van der Waals surface area (Å²) in [5, 5.41) is 34.9. The maximum absolute atomic E-state index is 10.9. The van der Waals surface area contributed by atoms with Crippen LogP contribution in [0.1, 0.15) is 61.3 Å². The molecule has 0 saturated heterocycles. The molecule has 0 aliphatic heterocycles. The molecule has 0 aromatic heterocycles. The number of carbonyl (C=O) groups excluding carboxylic acids is 1. The maximum Gasteiger partial charge on any atom is 0.316 e. The lowest BCUT2D eigenvalue weighted by molar-refractivity contribution is 0.126. The Labute approximate surface area is 202 Å². The molecule has 0 heterocycles. The van der Waals surface area contributed by atoms with Gasteiger partial charge >= 0.3 is 6.03 Å². The first kappa shape index (κ1) is 27.6. The molecule has 1 atom stereocenters. The number of rotatable bonds is 17. The largest absolute Gasteiger partial charge is 0.508 e. The smallest absolute Gasteiger partial charge is 0.316 e. The number of aliphatic hydroxyl groups is 2. The number of hydrogen-bond donors (Lipinski definition) is 6. The van der Waals surface area contributed by atoms with E-state index < -0.39 is 12.1 Å². The molecule has 0 fully saturated rings. The first-order chi connectivity index (χ1) is 16.5. The fraction of sp³-hybridized carbons (Fsp3) is 0.500. The number of aryl methyl sites for hydroxylation is 1. The summed E-state index contributed by atoms with van der Waals surface area (Å²) in [6, 6.07) is 12.0. The predicted molar refractivity (Wildman–Crippen MR) is 134 cm³/mol. The van der Waals surface area contributed by atoms with E-state index in [2.05, 4.69) is 10.6 Å². The van der Waals surface area contributed by atoms with Crippen LogP contribution < -0.4 is 16.4 Å². The van der Waals surface area contributed by atoms with E-state index in [9.17, 15) is 20.1 Å². The van der Waals surface area contributed by atoms with Gasteiger partial charge in [0.1, 0.15) is 5.75 Å². The molecule has 0 saturated carbocycles. The van der Waals surface area contributed by atoms with Crippen LogP contribution in [0.5, 0.6) is 5.75 Å². The van der Waals surface area contributed by atoms with Crippen molar-refractivity contribution in [1.29, 1.82) is 0 Å². The summed E-state index contributed by atoms with van der Waals surface area (Å²) < 4.78 is 5.73. The third kappa shape index (κ3) is 11.0. The van der Waals surface area contributed by atoms with Gasteiger partial charge in [0.25, 0.3) is 0 Å². The van der Waals surface area contributed by atoms with Crippen molar-refractivity contribution in [2.45, 2.75) is 57.7 Å². The summed E-state index contributed by atoms with van der Waals surface area (Å²) in [5.74, 6) is 0.0390. The van der Waals surface area contributed by atoms with Crippen LogP contribution in [0.15, 0.2) is 42.5 Å². The summed E-state index contributed by atoms with van der Waals surface area (Å²) in [7, 11) is 0. The van der Waals surface area contributed by atoms with Crippen LogP contribution in [0, 0.1) is 0 Å². The number of nitrogens with one attached hydrogen (secondary N) is 2. The monoisotopic (exact) mass is 473 g/mol. The van der Waals surface area contributed by atoms with Crippen LogP contribution in [-0.4, -0.2) is 47.7 Å². The number of carbonyl (C=O) groups is 1. The first-order valence-corrected chi connectivity index (χ1v) is 12.0. The molecule has 2 rings (SSSR count). The van der Waals surface area contributed by atoms with Gasteiger partial charge in [0.2, 0.25) is 0 Å². The molecule has 188 valence electrons. The van der Waals surface area contributed by atoms with Gasteiger partial charge in [0, 0.05) is 31.0 Å². The number of hydrogen-bond acceptors (Lipinski definition) is 6. The molecule has 8 nitrogen and oxygen atoms in total. The highest BCUT2D eigenvalue weighted by atomic mass is 16.5. The van der Waals surface area contributed by atoms with Crippen molar-refractivity contribution in [3.8, 4) is 5.75 Å². The van der Waals surface area contributed by atoms with Crippen molar-refractivity contribution >= 4 is 11.7 Å². The Morgan fingerprint density at radius 1 is 1.00 bits per heavy atom. The van der Waals surface area contributed by atoms with E-state index in [0.29, 0.717) is 17.7 Å². The number of phenols is 1. The molecule has 0 unspecified atom stereocenters. The number of urea groups is 1. The molecule has 2 amide bonds. The molecule has 0 bridgehead atoms. The van der Waals surface area contributed by atoms with Crippen LogP contribution >= 0.6 is 0 Å². The van der Waals surface area contributed by atoms with Crippen molar-refractivity contribution in [3.05, 3.63) is 59.2 Å². The predicted octanol–water partition coefficient (Wildman–Crippen LogP) is 3.60. The number of aliphatic hydroxyl groups excluding tert-OH is 2. The minimum Gasteiger partial charge on any atom is -0.508 e. The fourth-order valence-corrected chi connectivity index (χ4v) is 3.69. The second-order valence-electron chi connectivity index (χ2n) is 8.44. The molecule has 2 aromatic carbocycles. The van der Waals surface area contributed by atoms with E-state index in [1.807, 2.05) is 24.3 Å². The lowest BCUT2D eigenvalue weighted by Crippen LogP contribution is -2.22. The average Bonchev–Trinajstić information content (AvgIpc) is 2.82. The average molecular weight is 474 g/mol. The van der Waals surface area contributed by atoms with Crippen LogP contribution in [-0.2, 0) is 17.8 Å². The second-order valence-corrected chi connectivity index (χ2v) is 8.44. The van der Waals surface area contributed by atoms with Crippen LogP contribution in [0.25, 0.3) is 0 Å². The number of primary amides is 1. The Kier molecular flexibility index (Phi) is 13.0. The lowest BCUT2D eigenvalue weighted by atomic mass is 10.1. The Balaban J connectivity index is 1.41. The molecule has 7 N–H and O–H groups in total. The number of benzene rings is 2. The Bertz CT molecular complexity index is 862. The zero-order valence-corrected chi connectivity index (χ0v) is 19.8. The summed E-state index contributed by atoms with van der Waals surface area (Å²) in [6.07, 6.45) is 6.60. The zero-order chi connectivity index (χ0) is 24.6. The number of aromatic hydroxyl groups is 1. The van der Waals surface area contributed by atoms with E-state index in [-0.39, 0.29) is 12.4 Å². The number of nitrogens with two attached hydrogens (primary N) is 1. The second kappa shape index (κ2) is 16.1. The fourth-order valence-electron chi connectivity index (χ4n) is 3.69. The summed E-state index contributed by atoms with van der Waals surface area (Å²) in [5.41, 5.74) is 8.14. The Morgan fingerprint density at radius 2 is 1.76 bits per heavy atom. The Morgan fingerprint density at radius 3 is 2.53 bits per heavy atom. The third-order valence-electron chi connectivity index (χ3n) is 5.59. The maximum atomic E-state index is 10.9. The number of amides is 2. The van der Waals surface area contributed by atoms with Crippen molar-refractivity contribution in [1.82, 2.24) is 5.32 Å². The van der Waals surface area contributed by atoms with Crippen molar-refractivity contribution in [3.63, 3.8) is 0 Å². The van der Waals surface area contributed by atoms with Gasteiger partial charge in [0.05, 0.1) is 12.7 Å². The van der Waals surface area contributed by atoms with E-state index in [4.69, 9.17) is 10.5 Å². The van der Waals surface area contributed by atoms with Gasteiger partial charge in [-0.15, -0.1) is 0 Å². The molecule has 0 aliphatic carbocycles. The lowest BCUT2D eigenvalue weighted by Gasteiger charge is -2.14. The van der Waals surface area contributed by atoms with Gasteiger partial charge in [-0.05, 0) is 74.0 Å². The summed E-state index contributed by atoms with van der Waals surface area (Å²) >= 11 is 0. The van der Waals surface area contributed by atoms with Gasteiger partial charge in [-0.2, -0.15) is 0 Å². The quantitative estimate of drug-likeness (QED) is 0.194. The number of anilines is 1. The number of ether oxygens (including phenoxy) is 1. The highest BCUT2D eigenvalue weighted by molar-refractivity contribution is 5.87. The van der Waals surface area contributed by atoms with Gasteiger partial charge in [0.15, 0.2) is 0 Å².